The Labute approximate surface area is 176 Å². The molecule has 0 N–H and O–H groups in total. The minimum atomic E-state index is -1.17. The van der Waals surface area contributed by atoms with E-state index in [0.717, 1.165) is 6.42 Å². The third-order valence-electron chi connectivity index (χ3n) is 3.91. The van der Waals surface area contributed by atoms with Crippen molar-refractivity contribution in [3.63, 3.8) is 0 Å². The third kappa shape index (κ3) is 7.42. The Balaban J connectivity index is -0.000001000. The van der Waals surface area contributed by atoms with Gasteiger partial charge in [-0.05, 0) is 43.9 Å². The van der Waals surface area contributed by atoms with Crippen molar-refractivity contribution in [3.05, 3.63) is 58.1 Å². The average Bonchev–Trinajstić information content (AvgIpc) is 2.71. The number of rotatable bonds is 3. The van der Waals surface area contributed by atoms with Gasteiger partial charge in [-0.3, -0.25) is 0 Å². The molecule has 23 heavy (non-hydrogen) atoms. The van der Waals surface area contributed by atoms with Gasteiger partial charge in [0.2, 0.25) is 0 Å². The Morgan fingerprint density at radius 2 is 1.39 bits per heavy atom. The molecule has 0 aromatic heterocycles. The van der Waals surface area contributed by atoms with Crippen LogP contribution in [0.1, 0.15) is 27.8 Å². The first-order valence-electron chi connectivity index (χ1n) is 7.10. The first-order valence-corrected chi connectivity index (χ1v) is 10.6. The van der Waals surface area contributed by atoms with E-state index in [4.69, 9.17) is 0 Å². The molecule has 0 atom stereocenters. The van der Waals surface area contributed by atoms with Crippen LogP contribution in [0.5, 0.6) is 0 Å². The van der Waals surface area contributed by atoms with Crippen molar-refractivity contribution >= 4 is 13.3 Å². The summed E-state index contributed by atoms with van der Waals surface area (Å²) in [4.78, 5) is 0. The Kier molecular flexibility index (Phi) is 13.6. The van der Waals surface area contributed by atoms with Gasteiger partial charge < -0.3 is 37.2 Å². The van der Waals surface area contributed by atoms with E-state index >= 15 is 0 Å². The van der Waals surface area contributed by atoms with Gasteiger partial charge in [0.1, 0.15) is 0 Å². The van der Waals surface area contributed by atoms with Gasteiger partial charge in [-0.1, -0.05) is 37.3 Å². The molecule has 0 saturated heterocycles. The molecule has 0 nitrogen and oxygen atoms in total. The molecule has 0 heterocycles. The second-order valence-corrected chi connectivity index (χ2v) is 11.9. The molecule has 0 spiro atoms. The van der Waals surface area contributed by atoms with Gasteiger partial charge in [0.25, 0.3) is 0 Å². The Bertz CT molecular complexity index is 578. The fourth-order valence-electron chi connectivity index (χ4n) is 2.76. The van der Waals surface area contributed by atoms with Gasteiger partial charge in [0, 0.05) is 8.07 Å². The Morgan fingerprint density at radius 3 is 1.78 bits per heavy atom. The maximum absolute atomic E-state index is 2.42. The monoisotopic (exact) mass is 422 g/mol. The zero-order valence-corrected chi connectivity index (χ0v) is 19.6. The average molecular weight is 424 g/mol. The summed E-state index contributed by atoms with van der Waals surface area (Å²) in [6.07, 6.45) is 1.07. The van der Waals surface area contributed by atoms with Crippen molar-refractivity contribution in [2.45, 2.75) is 46.8 Å². The van der Waals surface area contributed by atoms with Crippen molar-refractivity contribution in [1.29, 1.82) is 0 Å². The van der Waals surface area contributed by atoms with Crippen molar-refractivity contribution < 1.29 is 58.9 Å². The molecule has 0 radical (unpaired) electrons. The predicted octanol–water partition coefficient (Wildman–Crippen LogP) is -4.52. The van der Waals surface area contributed by atoms with Crippen LogP contribution in [0.15, 0.2) is 30.3 Å². The number of aryl methyl sites for hydroxylation is 3. The first kappa shape index (κ1) is 28.2. The summed E-state index contributed by atoms with van der Waals surface area (Å²) >= 11 is 0. The summed E-state index contributed by atoms with van der Waals surface area (Å²) in [6.45, 7) is 13.9. The Morgan fingerprint density at radius 1 is 0.913 bits per heavy atom. The molecule has 5 heteroatoms. The molecule has 2 rings (SSSR count). The summed E-state index contributed by atoms with van der Waals surface area (Å²) in [5, 5.41) is 1.57. The van der Waals surface area contributed by atoms with Crippen molar-refractivity contribution in [2.24, 2.45) is 0 Å². The van der Waals surface area contributed by atoms with Gasteiger partial charge in [0.05, 0.1) is 0 Å². The summed E-state index contributed by atoms with van der Waals surface area (Å²) in [6, 6.07) is 11.7. The molecule has 0 aliphatic rings. The van der Waals surface area contributed by atoms with Crippen LogP contribution in [0, 0.1) is 20.8 Å². The molecule has 0 unspecified atom stereocenters. The molecule has 0 aliphatic carbocycles. The zero-order chi connectivity index (χ0) is 14.2. The second kappa shape index (κ2) is 11.1. The van der Waals surface area contributed by atoms with Crippen molar-refractivity contribution in [2.75, 3.05) is 0 Å². The smallest absolute Gasteiger partial charge is 1.00 e. The maximum atomic E-state index is 2.42. The van der Waals surface area contributed by atoms with E-state index in [-0.39, 0.29) is 58.9 Å². The van der Waals surface area contributed by atoms with E-state index in [0.29, 0.717) is 0 Å². The van der Waals surface area contributed by atoms with E-state index in [2.05, 4.69) is 70.7 Å². The minimum absolute atomic E-state index is 0. The molecular formula is C18H25Cl3SiTi. The van der Waals surface area contributed by atoms with Gasteiger partial charge in [-0.25, -0.2) is 11.3 Å². The molecule has 0 aliphatic heterocycles. The topological polar surface area (TPSA) is 0 Å². The number of halogens is 3. The van der Waals surface area contributed by atoms with Crippen LogP contribution < -0.4 is 42.4 Å². The summed E-state index contributed by atoms with van der Waals surface area (Å²) in [7, 11) is -1.17. The predicted molar refractivity (Wildman–Crippen MR) is 88.5 cm³/mol. The van der Waals surface area contributed by atoms with E-state index in [1.807, 2.05) is 0 Å². The standard InChI is InChI=1S/C18H25Si.3ClH.Ti/c1-13-9-14(2)18(15(3)10-13)12-16-7-8-17(11-16)19(4,5)6;;;;/h7-11H,12H2,1-6H3;3*1H;/q-1;;;;+4/p-3. The molecule has 0 fully saturated rings. The SMILES string of the molecule is Cc1cc(C)c(C[c-]2ccc([Si](C)(C)C)c2)c(C)c1.[Cl-].[Cl-].[Cl-].[Ti+4]. The quantitative estimate of drug-likeness (QED) is 0.345. The van der Waals surface area contributed by atoms with Crippen LogP contribution in [0.25, 0.3) is 0 Å². The van der Waals surface area contributed by atoms with E-state index in [1.165, 1.54) is 27.8 Å². The molecule has 2 aromatic rings. The first-order chi connectivity index (χ1) is 8.77. The van der Waals surface area contributed by atoms with Crippen LogP contribution in [-0.2, 0) is 28.1 Å². The van der Waals surface area contributed by atoms with Gasteiger partial charge in [0.15, 0.2) is 0 Å². The molecule has 0 amide bonds. The molecule has 0 saturated carbocycles. The number of hydrogen-bond donors (Lipinski definition) is 0. The molecule has 2 aromatic carbocycles. The largest absolute Gasteiger partial charge is 4.00 e. The number of benzene rings is 1. The van der Waals surface area contributed by atoms with Crippen LogP contribution in [-0.4, -0.2) is 8.07 Å². The maximum Gasteiger partial charge on any atom is 4.00 e. The normalized spacial score (nSPS) is 9.83. The van der Waals surface area contributed by atoms with Crippen LogP contribution >= 0.6 is 0 Å². The van der Waals surface area contributed by atoms with Gasteiger partial charge >= 0.3 is 21.7 Å². The second-order valence-electron chi connectivity index (χ2n) is 6.81. The zero-order valence-electron chi connectivity index (χ0n) is 14.7. The van der Waals surface area contributed by atoms with Crippen molar-refractivity contribution in [3.8, 4) is 0 Å². The summed E-state index contributed by atoms with van der Waals surface area (Å²) in [5.41, 5.74) is 7.18. The Hall–Kier alpha value is 0.371. The summed E-state index contributed by atoms with van der Waals surface area (Å²) < 4.78 is 0. The van der Waals surface area contributed by atoms with Gasteiger partial charge in [-0.15, -0.1) is 0 Å². The fourth-order valence-corrected chi connectivity index (χ4v) is 3.96. The minimum Gasteiger partial charge on any atom is -1.00 e. The molecular weight excluding hydrogens is 399 g/mol. The fraction of sp³-hybridized carbons (Fsp3) is 0.389. The van der Waals surface area contributed by atoms with Crippen LogP contribution in [0.4, 0.5) is 0 Å². The van der Waals surface area contributed by atoms with E-state index in [9.17, 15) is 0 Å². The number of hydrogen-bond acceptors (Lipinski definition) is 0. The van der Waals surface area contributed by atoms with Crippen LogP contribution in [0.2, 0.25) is 19.6 Å². The van der Waals surface area contributed by atoms with Gasteiger partial charge in [-0.2, -0.15) is 17.7 Å². The molecule has 0 bridgehead atoms. The van der Waals surface area contributed by atoms with E-state index < -0.39 is 8.07 Å². The summed E-state index contributed by atoms with van der Waals surface area (Å²) in [5.74, 6) is 0. The van der Waals surface area contributed by atoms with Crippen molar-refractivity contribution in [1.82, 2.24) is 0 Å². The third-order valence-corrected chi connectivity index (χ3v) is 5.95. The van der Waals surface area contributed by atoms with E-state index in [1.54, 1.807) is 5.19 Å². The van der Waals surface area contributed by atoms with Crippen LogP contribution in [0.3, 0.4) is 0 Å². The molecule has 126 valence electrons.